The lowest BCUT2D eigenvalue weighted by atomic mass is 9.89. The molecular weight excluding hydrogens is 196 g/mol. The third-order valence-electron chi connectivity index (χ3n) is 4.00. The zero-order chi connectivity index (χ0) is 10.8. The Bertz CT molecular complexity index is 356. The van der Waals surface area contributed by atoms with Crippen LogP contribution in [-0.4, -0.2) is 13.1 Å². The number of rotatable bonds is 2. The zero-order valence-corrected chi connectivity index (χ0v) is 9.71. The van der Waals surface area contributed by atoms with Crippen LogP contribution in [0.25, 0.3) is 0 Å². The molecule has 1 aromatic rings. The SMILES string of the molecule is c1ccc2c(c1)CNC2CC1CCNCC1. The van der Waals surface area contributed by atoms with Crippen LogP contribution in [0.3, 0.4) is 0 Å². The fraction of sp³-hybridized carbons (Fsp3) is 0.571. The predicted octanol–water partition coefficient (Wildman–Crippen LogP) is 2.22. The lowest BCUT2D eigenvalue weighted by Crippen LogP contribution is -2.29. The third-order valence-corrected chi connectivity index (χ3v) is 4.00. The summed E-state index contributed by atoms with van der Waals surface area (Å²) in [5, 5.41) is 7.09. The highest BCUT2D eigenvalue weighted by Crippen LogP contribution is 2.32. The molecule has 0 saturated carbocycles. The van der Waals surface area contributed by atoms with Gasteiger partial charge in [-0.25, -0.2) is 0 Å². The van der Waals surface area contributed by atoms with E-state index in [4.69, 9.17) is 0 Å². The third kappa shape index (κ3) is 2.00. The van der Waals surface area contributed by atoms with Crippen molar-refractivity contribution in [2.45, 2.75) is 31.8 Å². The Morgan fingerprint density at radius 1 is 1.12 bits per heavy atom. The summed E-state index contributed by atoms with van der Waals surface area (Å²) in [6, 6.07) is 9.47. The summed E-state index contributed by atoms with van der Waals surface area (Å²) in [6.45, 7) is 3.48. The Balaban J connectivity index is 1.68. The average molecular weight is 216 g/mol. The second-order valence-corrected chi connectivity index (χ2v) is 5.06. The summed E-state index contributed by atoms with van der Waals surface area (Å²) >= 11 is 0. The molecule has 2 heterocycles. The van der Waals surface area contributed by atoms with Crippen molar-refractivity contribution < 1.29 is 0 Å². The van der Waals surface area contributed by atoms with E-state index >= 15 is 0 Å². The molecule has 1 saturated heterocycles. The van der Waals surface area contributed by atoms with Crippen molar-refractivity contribution >= 4 is 0 Å². The average Bonchev–Trinajstić information content (AvgIpc) is 2.74. The fourth-order valence-corrected chi connectivity index (χ4v) is 3.04. The van der Waals surface area contributed by atoms with Crippen LogP contribution < -0.4 is 10.6 Å². The zero-order valence-electron chi connectivity index (χ0n) is 9.71. The summed E-state index contributed by atoms with van der Waals surface area (Å²) in [5.41, 5.74) is 3.04. The number of benzene rings is 1. The van der Waals surface area contributed by atoms with Gasteiger partial charge in [0.05, 0.1) is 0 Å². The minimum absolute atomic E-state index is 0.610. The van der Waals surface area contributed by atoms with Crippen molar-refractivity contribution in [1.29, 1.82) is 0 Å². The molecule has 2 N–H and O–H groups in total. The first-order valence-corrected chi connectivity index (χ1v) is 6.45. The van der Waals surface area contributed by atoms with E-state index in [0.717, 1.165) is 12.5 Å². The summed E-state index contributed by atoms with van der Waals surface area (Å²) in [5.74, 6) is 0.907. The Kier molecular flexibility index (Phi) is 2.94. The number of hydrogen-bond donors (Lipinski definition) is 2. The highest BCUT2D eigenvalue weighted by atomic mass is 14.9. The molecule has 2 heteroatoms. The second-order valence-electron chi connectivity index (χ2n) is 5.06. The van der Waals surface area contributed by atoms with Crippen LogP contribution in [-0.2, 0) is 6.54 Å². The molecule has 0 aliphatic carbocycles. The van der Waals surface area contributed by atoms with Gasteiger partial charge < -0.3 is 10.6 Å². The van der Waals surface area contributed by atoms with Crippen molar-refractivity contribution in [3.63, 3.8) is 0 Å². The van der Waals surface area contributed by atoms with Gasteiger partial charge in [-0.3, -0.25) is 0 Å². The molecular formula is C14H20N2. The van der Waals surface area contributed by atoms with Crippen LogP contribution in [0.15, 0.2) is 24.3 Å². The van der Waals surface area contributed by atoms with E-state index < -0.39 is 0 Å². The van der Waals surface area contributed by atoms with Gasteiger partial charge in [-0.2, -0.15) is 0 Å². The standard InChI is InChI=1S/C14H20N2/c1-2-4-13-12(3-1)10-16-14(13)9-11-5-7-15-8-6-11/h1-4,11,14-16H,5-10H2. The van der Waals surface area contributed by atoms with Gasteiger partial charge in [-0.05, 0) is 49.4 Å². The molecule has 86 valence electrons. The van der Waals surface area contributed by atoms with Gasteiger partial charge in [-0.1, -0.05) is 24.3 Å². The number of piperidine rings is 1. The monoisotopic (exact) mass is 216 g/mol. The Hall–Kier alpha value is -0.860. The Morgan fingerprint density at radius 3 is 2.81 bits per heavy atom. The van der Waals surface area contributed by atoms with Crippen LogP contribution in [0.2, 0.25) is 0 Å². The second kappa shape index (κ2) is 4.56. The van der Waals surface area contributed by atoms with E-state index in [1.54, 1.807) is 5.56 Å². The molecule has 3 rings (SSSR count). The highest BCUT2D eigenvalue weighted by Gasteiger charge is 2.25. The van der Waals surface area contributed by atoms with Gasteiger partial charge in [0.2, 0.25) is 0 Å². The summed E-state index contributed by atoms with van der Waals surface area (Å²) in [6.07, 6.45) is 4.01. The molecule has 2 aliphatic rings. The van der Waals surface area contributed by atoms with Crippen LogP contribution in [0, 0.1) is 5.92 Å². The lowest BCUT2D eigenvalue weighted by Gasteiger charge is -2.25. The van der Waals surface area contributed by atoms with Crippen molar-refractivity contribution in [3.8, 4) is 0 Å². The van der Waals surface area contributed by atoms with Crippen LogP contribution in [0.5, 0.6) is 0 Å². The van der Waals surface area contributed by atoms with Crippen LogP contribution in [0.4, 0.5) is 0 Å². The van der Waals surface area contributed by atoms with Crippen molar-refractivity contribution in [1.82, 2.24) is 10.6 Å². The summed E-state index contributed by atoms with van der Waals surface area (Å²) in [4.78, 5) is 0. The minimum Gasteiger partial charge on any atom is -0.317 e. The molecule has 16 heavy (non-hydrogen) atoms. The van der Waals surface area contributed by atoms with Crippen molar-refractivity contribution in [3.05, 3.63) is 35.4 Å². The van der Waals surface area contributed by atoms with Crippen molar-refractivity contribution in [2.75, 3.05) is 13.1 Å². The topological polar surface area (TPSA) is 24.1 Å². The van der Waals surface area contributed by atoms with E-state index in [1.165, 1.54) is 37.9 Å². The van der Waals surface area contributed by atoms with Gasteiger partial charge in [-0.15, -0.1) is 0 Å². The van der Waals surface area contributed by atoms with Gasteiger partial charge in [0.25, 0.3) is 0 Å². The van der Waals surface area contributed by atoms with Gasteiger partial charge in [0, 0.05) is 12.6 Å². The molecule has 0 aromatic heterocycles. The molecule has 0 spiro atoms. The van der Waals surface area contributed by atoms with E-state index in [9.17, 15) is 0 Å². The quantitative estimate of drug-likeness (QED) is 0.792. The molecule has 0 amide bonds. The highest BCUT2D eigenvalue weighted by molar-refractivity contribution is 5.33. The lowest BCUT2D eigenvalue weighted by molar-refractivity contribution is 0.318. The fourth-order valence-electron chi connectivity index (χ4n) is 3.04. The van der Waals surface area contributed by atoms with Crippen LogP contribution >= 0.6 is 0 Å². The first kappa shape index (κ1) is 10.3. The maximum atomic E-state index is 3.65. The first-order valence-electron chi connectivity index (χ1n) is 6.45. The van der Waals surface area contributed by atoms with E-state index in [-0.39, 0.29) is 0 Å². The molecule has 2 nitrogen and oxygen atoms in total. The van der Waals surface area contributed by atoms with Gasteiger partial charge in [0.1, 0.15) is 0 Å². The minimum atomic E-state index is 0.610. The van der Waals surface area contributed by atoms with Gasteiger partial charge in [0.15, 0.2) is 0 Å². The number of nitrogens with one attached hydrogen (secondary N) is 2. The van der Waals surface area contributed by atoms with Gasteiger partial charge >= 0.3 is 0 Å². The van der Waals surface area contributed by atoms with E-state index in [2.05, 4.69) is 34.9 Å². The summed E-state index contributed by atoms with van der Waals surface area (Å²) in [7, 11) is 0. The molecule has 1 atom stereocenters. The smallest absolute Gasteiger partial charge is 0.0329 e. The van der Waals surface area contributed by atoms with Crippen LogP contribution in [0.1, 0.15) is 36.4 Å². The predicted molar refractivity (Wildman–Crippen MR) is 66.2 cm³/mol. The summed E-state index contributed by atoms with van der Waals surface area (Å²) < 4.78 is 0. The molecule has 1 fully saturated rings. The molecule has 1 aromatic carbocycles. The molecule has 1 unspecified atom stereocenters. The number of fused-ring (bicyclic) bond motifs is 1. The maximum absolute atomic E-state index is 3.65. The Morgan fingerprint density at radius 2 is 1.94 bits per heavy atom. The molecule has 0 bridgehead atoms. The van der Waals surface area contributed by atoms with E-state index in [0.29, 0.717) is 6.04 Å². The normalized spacial score (nSPS) is 25.6. The number of hydrogen-bond acceptors (Lipinski definition) is 2. The Labute approximate surface area is 97.4 Å². The molecule has 0 radical (unpaired) electrons. The van der Waals surface area contributed by atoms with E-state index in [1.807, 2.05) is 0 Å². The maximum Gasteiger partial charge on any atom is 0.0329 e. The van der Waals surface area contributed by atoms with Crippen molar-refractivity contribution in [2.24, 2.45) is 5.92 Å². The molecule has 2 aliphatic heterocycles. The first-order chi connectivity index (χ1) is 7.93. The largest absolute Gasteiger partial charge is 0.317 e.